The molecule has 0 saturated heterocycles. The number of hydrogen-bond donors (Lipinski definition) is 1. The summed E-state index contributed by atoms with van der Waals surface area (Å²) in [5, 5.41) is 10.7. The van der Waals surface area contributed by atoms with Crippen LogP contribution in [0, 0.1) is 10.1 Å². The topological polar surface area (TPSA) is 89.5 Å². The van der Waals surface area contributed by atoms with Gasteiger partial charge < -0.3 is 10.6 Å². The minimum absolute atomic E-state index is 0.163. The summed E-state index contributed by atoms with van der Waals surface area (Å²) in [6.07, 6.45) is -4.56. The number of nitrogens with two attached hydrogens (primary N) is 1. The molecule has 0 bridgehead atoms. The first-order chi connectivity index (χ1) is 9.53. The monoisotopic (exact) mass is 305 g/mol. The third kappa shape index (κ3) is 4.33. The van der Waals surface area contributed by atoms with Crippen molar-refractivity contribution in [2.75, 3.05) is 12.3 Å². The quantitative estimate of drug-likeness (QED) is 0.526. The lowest BCUT2D eigenvalue weighted by molar-refractivity contribution is -0.383. The number of nitro benzene ring substituents is 1. The van der Waals surface area contributed by atoms with Crippen LogP contribution in [-0.4, -0.2) is 34.5 Å². The van der Waals surface area contributed by atoms with Gasteiger partial charge in [0.15, 0.2) is 0 Å². The molecule has 1 rings (SSSR count). The van der Waals surface area contributed by atoms with Crippen LogP contribution in [0.5, 0.6) is 0 Å². The summed E-state index contributed by atoms with van der Waals surface area (Å²) in [6, 6.07) is 2.45. The highest BCUT2D eigenvalue weighted by Crippen LogP contribution is 2.25. The van der Waals surface area contributed by atoms with Crippen molar-refractivity contribution in [2.45, 2.75) is 26.1 Å². The molecule has 116 valence electrons. The van der Waals surface area contributed by atoms with Gasteiger partial charge in [0.1, 0.15) is 12.2 Å². The molecule has 1 aromatic rings. The van der Waals surface area contributed by atoms with E-state index in [1.165, 1.54) is 13.8 Å². The predicted octanol–water partition coefficient (Wildman–Crippen LogP) is 2.59. The molecule has 0 radical (unpaired) electrons. The van der Waals surface area contributed by atoms with Gasteiger partial charge in [-0.3, -0.25) is 14.9 Å². The average molecular weight is 305 g/mol. The number of nitrogen functional groups attached to an aromatic ring is 1. The summed E-state index contributed by atoms with van der Waals surface area (Å²) in [7, 11) is 0. The lowest BCUT2D eigenvalue weighted by Crippen LogP contribution is -2.43. The van der Waals surface area contributed by atoms with Crippen LogP contribution in [0.1, 0.15) is 24.2 Å². The molecule has 0 aliphatic carbocycles. The van der Waals surface area contributed by atoms with E-state index >= 15 is 0 Å². The van der Waals surface area contributed by atoms with E-state index in [-0.39, 0.29) is 11.3 Å². The summed E-state index contributed by atoms with van der Waals surface area (Å²) in [5.74, 6) is -0.939. The molecule has 6 nitrogen and oxygen atoms in total. The molecule has 0 spiro atoms. The highest BCUT2D eigenvalue weighted by Gasteiger charge is 2.35. The van der Waals surface area contributed by atoms with Gasteiger partial charge in [0.2, 0.25) is 0 Å². The minimum atomic E-state index is -4.56. The van der Waals surface area contributed by atoms with Crippen molar-refractivity contribution in [1.82, 2.24) is 4.90 Å². The highest BCUT2D eigenvalue weighted by molar-refractivity contribution is 5.95. The second-order valence-electron chi connectivity index (χ2n) is 4.67. The summed E-state index contributed by atoms with van der Waals surface area (Å²) >= 11 is 0. The number of nitro groups is 1. The van der Waals surface area contributed by atoms with E-state index in [1.807, 2.05) is 0 Å². The standard InChI is InChI=1S/C12H14F3N3O3/c1-7(2)17(6-12(13,14)15)11(19)8-3-4-9(16)10(5-8)18(20)21/h3-5,7H,6,16H2,1-2H3. The smallest absolute Gasteiger partial charge is 0.393 e. The van der Waals surface area contributed by atoms with Gasteiger partial charge in [0.05, 0.1) is 4.92 Å². The number of anilines is 1. The number of halogens is 3. The number of carbonyl (C=O) groups excluding carboxylic acids is 1. The number of nitrogens with zero attached hydrogens (tertiary/aromatic N) is 2. The Bertz CT molecular complexity index is 558. The first-order valence-electron chi connectivity index (χ1n) is 5.94. The molecule has 0 saturated carbocycles. The second-order valence-corrected chi connectivity index (χ2v) is 4.67. The average Bonchev–Trinajstić information content (AvgIpc) is 2.34. The second kappa shape index (κ2) is 5.98. The molecule has 0 aliphatic heterocycles. The Labute approximate surface area is 118 Å². The lowest BCUT2D eigenvalue weighted by Gasteiger charge is -2.27. The molecule has 0 unspecified atom stereocenters. The van der Waals surface area contributed by atoms with E-state index in [9.17, 15) is 28.1 Å². The van der Waals surface area contributed by atoms with Crippen molar-refractivity contribution in [3.63, 3.8) is 0 Å². The van der Waals surface area contributed by atoms with Crippen LogP contribution in [0.15, 0.2) is 18.2 Å². The van der Waals surface area contributed by atoms with Crippen LogP contribution in [-0.2, 0) is 0 Å². The minimum Gasteiger partial charge on any atom is -0.393 e. The third-order valence-corrected chi connectivity index (χ3v) is 2.71. The van der Waals surface area contributed by atoms with Crippen LogP contribution in [0.25, 0.3) is 0 Å². The molecule has 0 atom stereocenters. The van der Waals surface area contributed by atoms with Gasteiger partial charge in [-0.05, 0) is 26.0 Å². The molecule has 2 N–H and O–H groups in total. The number of carbonyl (C=O) groups is 1. The number of amides is 1. The summed E-state index contributed by atoms with van der Waals surface area (Å²) in [5.41, 5.74) is 4.49. The van der Waals surface area contributed by atoms with Gasteiger partial charge >= 0.3 is 6.18 Å². The Kier molecular flexibility index (Phi) is 4.77. The Hall–Kier alpha value is -2.32. The summed E-state index contributed by atoms with van der Waals surface area (Å²) in [6.45, 7) is 1.42. The Morgan fingerprint density at radius 3 is 2.43 bits per heavy atom. The van der Waals surface area contributed by atoms with Crippen molar-refractivity contribution in [3.8, 4) is 0 Å². The molecule has 0 aliphatic rings. The molecule has 0 aromatic heterocycles. The molecule has 1 amide bonds. The number of alkyl halides is 3. The van der Waals surface area contributed by atoms with E-state index < -0.39 is 35.3 Å². The summed E-state index contributed by atoms with van der Waals surface area (Å²) in [4.78, 5) is 22.7. The zero-order valence-electron chi connectivity index (χ0n) is 11.3. The van der Waals surface area contributed by atoms with E-state index in [0.717, 1.165) is 18.2 Å². The van der Waals surface area contributed by atoms with Gasteiger partial charge in [0.25, 0.3) is 11.6 Å². The number of benzene rings is 1. The van der Waals surface area contributed by atoms with E-state index in [0.29, 0.717) is 4.90 Å². The fraction of sp³-hybridized carbons (Fsp3) is 0.417. The third-order valence-electron chi connectivity index (χ3n) is 2.71. The molecular formula is C12H14F3N3O3. The summed E-state index contributed by atoms with van der Waals surface area (Å²) < 4.78 is 37.5. The first-order valence-corrected chi connectivity index (χ1v) is 5.94. The van der Waals surface area contributed by atoms with Gasteiger partial charge in [-0.2, -0.15) is 13.2 Å². The molecule has 0 fully saturated rings. The Morgan fingerprint density at radius 2 is 2.00 bits per heavy atom. The number of hydrogen-bond acceptors (Lipinski definition) is 4. The van der Waals surface area contributed by atoms with E-state index in [1.54, 1.807) is 0 Å². The molecule has 0 heterocycles. The maximum absolute atomic E-state index is 12.5. The van der Waals surface area contributed by atoms with Gasteiger partial charge in [0, 0.05) is 17.7 Å². The van der Waals surface area contributed by atoms with Gasteiger partial charge in [-0.15, -0.1) is 0 Å². The van der Waals surface area contributed by atoms with Crippen molar-refractivity contribution < 1.29 is 22.9 Å². The SMILES string of the molecule is CC(C)N(CC(F)(F)F)C(=O)c1ccc(N)c([N+](=O)[O-])c1. The lowest BCUT2D eigenvalue weighted by atomic mass is 10.1. The van der Waals surface area contributed by atoms with E-state index in [4.69, 9.17) is 5.73 Å². The molecule has 21 heavy (non-hydrogen) atoms. The van der Waals surface area contributed by atoms with Crippen LogP contribution in [0.4, 0.5) is 24.5 Å². The van der Waals surface area contributed by atoms with Crippen molar-refractivity contribution in [3.05, 3.63) is 33.9 Å². The Balaban J connectivity index is 3.16. The normalized spacial score (nSPS) is 11.5. The van der Waals surface area contributed by atoms with E-state index in [2.05, 4.69) is 0 Å². The maximum atomic E-state index is 12.5. The zero-order valence-corrected chi connectivity index (χ0v) is 11.3. The predicted molar refractivity (Wildman–Crippen MR) is 69.7 cm³/mol. The van der Waals surface area contributed by atoms with Crippen molar-refractivity contribution >= 4 is 17.3 Å². The highest BCUT2D eigenvalue weighted by atomic mass is 19.4. The largest absolute Gasteiger partial charge is 0.406 e. The van der Waals surface area contributed by atoms with Gasteiger partial charge in [-0.25, -0.2) is 0 Å². The van der Waals surface area contributed by atoms with Gasteiger partial charge in [-0.1, -0.05) is 0 Å². The van der Waals surface area contributed by atoms with Crippen LogP contribution >= 0.6 is 0 Å². The first kappa shape index (κ1) is 16.7. The van der Waals surface area contributed by atoms with Crippen molar-refractivity contribution in [1.29, 1.82) is 0 Å². The van der Waals surface area contributed by atoms with Crippen LogP contribution in [0.2, 0.25) is 0 Å². The van der Waals surface area contributed by atoms with Crippen molar-refractivity contribution in [2.24, 2.45) is 0 Å². The van der Waals surface area contributed by atoms with Crippen LogP contribution in [0.3, 0.4) is 0 Å². The molecule has 9 heteroatoms. The fourth-order valence-corrected chi connectivity index (χ4v) is 1.68. The molecular weight excluding hydrogens is 291 g/mol. The van der Waals surface area contributed by atoms with Crippen LogP contribution < -0.4 is 5.73 Å². The Morgan fingerprint density at radius 1 is 1.43 bits per heavy atom. The molecule has 1 aromatic carbocycles. The fourth-order valence-electron chi connectivity index (χ4n) is 1.68. The maximum Gasteiger partial charge on any atom is 0.406 e. The zero-order chi connectivity index (χ0) is 16.4. The number of rotatable bonds is 4.